The first-order valence-electron chi connectivity index (χ1n) is 11.0. The Morgan fingerprint density at radius 2 is 1.84 bits per heavy atom. The van der Waals surface area contributed by atoms with Crippen molar-refractivity contribution in [3.63, 3.8) is 0 Å². The van der Waals surface area contributed by atoms with Gasteiger partial charge in [-0.05, 0) is 30.3 Å². The molecule has 1 amide bonds. The van der Waals surface area contributed by atoms with Crippen molar-refractivity contribution >= 4 is 22.8 Å². The third-order valence-corrected chi connectivity index (χ3v) is 6.23. The molecule has 162 valence electrons. The molecule has 0 saturated carbocycles. The second-order valence-electron chi connectivity index (χ2n) is 9.53. The molecule has 31 heavy (non-hydrogen) atoms. The number of piperazine rings is 1. The van der Waals surface area contributed by atoms with Crippen molar-refractivity contribution in [2.24, 2.45) is 0 Å². The van der Waals surface area contributed by atoms with Crippen LogP contribution in [0.15, 0.2) is 47.0 Å². The van der Waals surface area contributed by atoms with Crippen LogP contribution >= 0.6 is 0 Å². The van der Waals surface area contributed by atoms with Crippen molar-refractivity contribution < 1.29 is 9.21 Å². The molecule has 1 aromatic carbocycles. The molecule has 7 nitrogen and oxygen atoms in total. The molecule has 2 fully saturated rings. The van der Waals surface area contributed by atoms with Crippen LogP contribution in [-0.4, -0.2) is 71.0 Å². The van der Waals surface area contributed by atoms with E-state index < -0.39 is 0 Å². The fraction of sp³-hybridized carbons (Fsp3) is 0.458. The van der Waals surface area contributed by atoms with Gasteiger partial charge in [0.05, 0.1) is 0 Å². The van der Waals surface area contributed by atoms with Crippen molar-refractivity contribution in [2.75, 3.05) is 44.2 Å². The lowest BCUT2D eigenvalue weighted by Crippen LogP contribution is -2.64. The number of nitrogens with zero attached hydrogens (tertiary/aromatic N) is 5. The van der Waals surface area contributed by atoms with Gasteiger partial charge in [0, 0.05) is 62.5 Å². The summed E-state index contributed by atoms with van der Waals surface area (Å²) < 4.78 is 5.92. The number of anilines is 1. The number of aromatic nitrogens is 2. The Labute approximate surface area is 182 Å². The van der Waals surface area contributed by atoms with Crippen molar-refractivity contribution in [3.8, 4) is 0 Å². The molecule has 0 aliphatic carbocycles. The highest BCUT2D eigenvalue weighted by molar-refractivity contribution is 5.97. The second-order valence-corrected chi connectivity index (χ2v) is 9.53. The van der Waals surface area contributed by atoms with Gasteiger partial charge in [0.1, 0.15) is 11.3 Å². The summed E-state index contributed by atoms with van der Waals surface area (Å²) in [6, 6.07) is 12.1. The minimum atomic E-state index is -0.158. The van der Waals surface area contributed by atoms with Crippen molar-refractivity contribution in [3.05, 3.63) is 54.0 Å². The lowest BCUT2D eigenvalue weighted by atomic mass is 9.97. The summed E-state index contributed by atoms with van der Waals surface area (Å²) in [5, 5.41) is 0. The predicted octanol–water partition coefficient (Wildman–Crippen LogP) is 3.17. The molecule has 7 heteroatoms. The molecule has 2 aliphatic heterocycles. The molecular weight excluding hydrogens is 390 g/mol. The Hall–Kier alpha value is -2.93. The minimum Gasteiger partial charge on any atom is -0.440 e. The van der Waals surface area contributed by atoms with Crippen LogP contribution in [0.3, 0.4) is 0 Å². The Bertz CT molecular complexity index is 1070. The van der Waals surface area contributed by atoms with E-state index >= 15 is 0 Å². The van der Waals surface area contributed by atoms with Crippen LogP contribution in [0.4, 0.5) is 5.82 Å². The minimum absolute atomic E-state index is 0.0685. The molecule has 0 unspecified atom stereocenters. The molecule has 5 rings (SSSR count). The Balaban J connectivity index is 1.18. The first kappa shape index (κ1) is 20.0. The fourth-order valence-electron chi connectivity index (χ4n) is 4.27. The molecule has 0 bridgehead atoms. The summed E-state index contributed by atoms with van der Waals surface area (Å²) in [7, 11) is 0. The number of fused-ring (bicyclic) bond motifs is 1. The molecule has 4 heterocycles. The zero-order valence-corrected chi connectivity index (χ0v) is 18.4. The van der Waals surface area contributed by atoms with Gasteiger partial charge in [0.25, 0.3) is 5.91 Å². The van der Waals surface area contributed by atoms with Gasteiger partial charge >= 0.3 is 0 Å². The van der Waals surface area contributed by atoms with Crippen molar-refractivity contribution in [2.45, 2.75) is 32.2 Å². The van der Waals surface area contributed by atoms with E-state index in [1.165, 1.54) is 0 Å². The third kappa shape index (κ3) is 3.90. The zero-order chi connectivity index (χ0) is 21.6. The molecule has 0 atom stereocenters. The standard InChI is InChI=1S/C24H29N5O2/c1-24(2,3)23-26-19-8-7-17(14-20(19)31-23)22(30)29-15-18(16-29)27-10-12-28(13-11-27)21-6-4-5-9-25-21/h4-9,14,18H,10-13,15-16H2,1-3H3. The van der Waals surface area contributed by atoms with E-state index in [1.54, 1.807) is 0 Å². The fourth-order valence-corrected chi connectivity index (χ4v) is 4.27. The Kier molecular flexibility index (Phi) is 4.93. The summed E-state index contributed by atoms with van der Waals surface area (Å²) in [5.74, 6) is 1.81. The number of hydrogen-bond donors (Lipinski definition) is 0. The number of hydrogen-bond acceptors (Lipinski definition) is 6. The number of carbonyl (C=O) groups excluding carboxylic acids is 1. The van der Waals surface area contributed by atoms with E-state index in [-0.39, 0.29) is 11.3 Å². The largest absolute Gasteiger partial charge is 0.440 e. The van der Waals surface area contributed by atoms with Gasteiger partial charge in [-0.3, -0.25) is 9.69 Å². The van der Waals surface area contributed by atoms with E-state index in [9.17, 15) is 4.79 Å². The summed E-state index contributed by atoms with van der Waals surface area (Å²) in [5.41, 5.74) is 1.99. The lowest BCUT2D eigenvalue weighted by Gasteiger charge is -2.48. The lowest BCUT2D eigenvalue weighted by molar-refractivity contribution is 0.0246. The molecule has 3 aromatic rings. The topological polar surface area (TPSA) is 65.7 Å². The Morgan fingerprint density at radius 1 is 1.06 bits per heavy atom. The van der Waals surface area contributed by atoms with Gasteiger partial charge in [0.2, 0.25) is 5.89 Å². The number of amides is 1. The third-order valence-electron chi connectivity index (χ3n) is 6.23. The number of carbonyl (C=O) groups is 1. The van der Waals surface area contributed by atoms with Crippen molar-refractivity contribution in [1.29, 1.82) is 0 Å². The van der Waals surface area contributed by atoms with E-state index in [4.69, 9.17) is 4.42 Å². The van der Waals surface area contributed by atoms with Gasteiger partial charge < -0.3 is 14.2 Å². The molecule has 0 spiro atoms. The highest BCUT2D eigenvalue weighted by Gasteiger charge is 2.36. The highest BCUT2D eigenvalue weighted by Crippen LogP contribution is 2.27. The highest BCUT2D eigenvalue weighted by atomic mass is 16.3. The molecular formula is C24H29N5O2. The van der Waals surface area contributed by atoms with Gasteiger partial charge in [0.15, 0.2) is 5.58 Å². The van der Waals surface area contributed by atoms with Gasteiger partial charge in [-0.15, -0.1) is 0 Å². The van der Waals surface area contributed by atoms with Crippen LogP contribution in [0.5, 0.6) is 0 Å². The predicted molar refractivity (Wildman–Crippen MR) is 120 cm³/mol. The van der Waals surface area contributed by atoms with Gasteiger partial charge in [-0.1, -0.05) is 26.8 Å². The summed E-state index contributed by atoms with van der Waals surface area (Å²) in [4.78, 5) is 28.7. The quantitative estimate of drug-likeness (QED) is 0.650. The van der Waals surface area contributed by atoms with E-state index in [0.717, 1.165) is 50.6 Å². The number of likely N-dealkylation sites (tertiary alicyclic amines) is 1. The summed E-state index contributed by atoms with van der Waals surface area (Å²) in [6.45, 7) is 11.7. The normalized spacial score (nSPS) is 18.4. The summed E-state index contributed by atoms with van der Waals surface area (Å²) in [6.07, 6.45) is 1.84. The van der Waals surface area contributed by atoms with Gasteiger partial charge in [-0.2, -0.15) is 0 Å². The van der Waals surface area contributed by atoms with Crippen molar-refractivity contribution in [1.82, 2.24) is 19.8 Å². The monoisotopic (exact) mass is 419 g/mol. The first-order valence-corrected chi connectivity index (χ1v) is 11.0. The van der Waals surface area contributed by atoms with Crippen LogP contribution in [0.1, 0.15) is 37.0 Å². The maximum atomic E-state index is 13.0. The molecule has 0 N–H and O–H groups in total. The zero-order valence-electron chi connectivity index (χ0n) is 18.4. The van der Waals surface area contributed by atoms with Crippen LogP contribution in [-0.2, 0) is 5.41 Å². The van der Waals surface area contributed by atoms with E-state index in [1.807, 2.05) is 41.4 Å². The average molecular weight is 420 g/mol. The Morgan fingerprint density at radius 3 is 2.52 bits per heavy atom. The number of pyridine rings is 1. The second kappa shape index (κ2) is 7.64. The number of benzene rings is 1. The average Bonchev–Trinajstić information content (AvgIpc) is 3.18. The molecule has 0 radical (unpaired) electrons. The molecule has 2 aromatic heterocycles. The van der Waals surface area contributed by atoms with E-state index in [2.05, 4.69) is 46.6 Å². The maximum absolute atomic E-state index is 13.0. The number of oxazole rings is 1. The smallest absolute Gasteiger partial charge is 0.254 e. The summed E-state index contributed by atoms with van der Waals surface area (Å²) >= 11 is 0. The van der Waals surface area contributed by atoms with Crippen LogP contribution in [0, 0.1) is 0 Å². The number of rotatable bonds is 3. The van der Waals surface area contributed by atoms with Crippen LogP contribution in [0.25, 0.3) is 11.1 Å². The molecule has 2 aliphatic rings. The van der Waals surface area contributed by atoms with Gasteiger partial charge in [-0.25, -0.2) is 9.97 Å². The van der Waals surface area contributed by atoms with E-state index in [0.29, 0.717) is 23.1 Å². The first-order chi connectivity index (χ1) is 14.9. The SMILES string of the molecule is CC(C)(C)c1nc2ccc(C(=O)N3CC(N4CCN(c5ccccn5)CC4)C3)cc2o1. The maximum Gasteiger partial charge on any atom is 0.254 e. The van der Waals surface area contributed by atoms with Crippen LogP contribution in [0.2, 0.25) is 0 Å². The van der Waals surface area contributed by atoms with Crippen LogP contribution < -0.4 is 4.90 Å². The molecule has 2 saturated heterocycles.